The number of hydrogen-bond acceptors (Lipinski definition) is 2. The van der Waals surface area contributed by atoms with Crippen LogP contribution in [0, 0.1) is 0 Å². The molecule has 0 saturated carbocycles. The van der Waals surface area contributed by atoms with Crippen molar-refractivity contribution in [2.24, 2.45) is 0 Å². The lowest BCUT2D eigenvalue weighted by atomic mass is 10.2. The van der Waals surface area contributed by atoms with Gasteiger partial charge < -0.3 is 9.84 Å². The van der Waals surface area contributed by atoms with E-state index in [0.717, 1.165) is 6.42 Å². The third kappa shape index (κ3) is 1.57. The Morgan fingerprint density at radius 3 is 2.67 bits per heavy atom. The summed E-state index contributed by atoms with van der Waals surface area (Å²) in [5.74, 6) is 0. The second-order valence-electron chi connectivity index (χ2n) is 2.42. The molecule has 0 bridgehead atoms. The van der Waals surface area contributed by atoms with Crippen molar-refractivity contribution in [3.63, 3.8) is 0 Å². The van der Waals surface area contributed by atoms with Crippen molar-refractivity contribution in [2.45, 2.75) is 30.9 Å². The Morgan fingerprint density at radius 2 is 2.44 bits per heavy atom. The number of aliphatic hydroxyl groups is 1. The second kappa shape index (κ2) is 2.86. The van der Waals surface area contributed by atoms with Crippen LogP contribution in [0.5, 0.6) is 0 Å². The molecule has 0 amide bonds. The number of ether oxygens (including phenoxy) is 1. The molecule has 1 N–H and O–H groups in total. The van der Waals surface area contributed by atoms with E-state index < -0.39 is 0 Å². The Kier molecular flexibility index (Phi) is 2.33. The van der Waals surface area contributed by atoms with E-state index in [1.54, 1.807) is 0 Å². The third-order valence-electron chi connectivity index (χ3n) is 1.55. The van der Waals surface area contributed by atoms with E-state index in [4.69, 9.17) is 21.4 Å². The minimum atomic E-state index is -0.137. The van der Waals surface area contributed by atoms with E-state index in [1.165, 1.54) is 0 Å². The summed E-state index contributed by atoms with van der Waals surface area (Å²) in [6.45, 7) is 2.00. The highest BCUT2D eigenvalue weighted by atomic mass is 35.5. The maximum Gasteiger partial charge on any atom is 0.0973 e. The number of halogens is 1. The van der Waals surface area contributed by atoms with Gasteiger partial charge in [-0.2, -0.15) is 0 Å². The molecule has 0 aromatic rings. The average molecular weight is 151 g/mol. The highest BCUT2D eigenvalue weighted by Gasteiger charge is 2.30. The predicted octanol–water partition coefficient (Wildman–Crippen LogP) is 0.764. The van der Waals surface area contributed by atoms with Crippen LogP contribution in [0.1, 0.15) is 13.3 Å². The largest absolute Gasteiger partial charge is 0.394 e. The van der Waals surface area contributed by atoms with Crippen LogP contribution >= 0.6 is 11.6 Å². The maximum atomic E-state index is 8.64. The van der Waals surface area contributed by atoms with Crippen LogP contribution in [-0.4, -0.2) is 29.3 Å². The second-order valence-corrected chi connectivity index (χ2v) is 2.98. The molecule has 1 fully saturated rings. The zero-order valence-electron chi connectivity index (χ0n) is 5.38. The fraction of sp³-hybridized carbons (Fsp3) is 1.00. The molecular formula is C6H11ClO2. The van der Waals surface area contributed by atoms with Gasteiger partial charge in [-0.1, -0.05) is 0 Å². The topological polar surface area (TPSA) is 29.5 Å². The molecule has 1 aliphatic rings. The smallest absolute Gasteiger partial charge is 0.0973 e. The minimum absolute atomic E-state index is 0.00463. The lowest BCUT2D eigenvalue weighted by molar-refractivity contribution is 0.0207. The van der Waals surface area contributed by atoms with Gasteiger partial charge in [-0.05, 0) is 13.3 Å². The SMILES string of the molecule is C[C@H]1C[C@H](Cl)C(CO)O1. The van der Waals surface area contributed by atoms with Gasteiger partial charge in [-0.25, -0.2) is 0 Å². The van der Waals surface area contributed by atoms with E-state index in [9.17, 15) is 0 Å². The molecule has 3 heteroatoms. The molecular weight excluding hydrogens is 140 g/mol. The summed E-state index contributed by atoms with van der Waals surface area (Å²) in [5, 5.41) is 8.65. The lowest BCUT2D eigenvalue weighted by Crippen LogP contribution is -2.20. The minimum Gasteiger partial charge on any atom is -0.394 e. The molecule has 0 aromatic carbocycles. The molecule has 1 saturated heterocycles. The number of hydrogen-bond donors (Lipinski definition) is 1. The van der Waals surface area contributed by atoms with E-state index in [1.807, 2.05) is 6.92 Å². The molecule has 1 aliphatic heterocycles. The van der Waals surface area contributed by atoms with Gasteiger partial charge in [-0.15, -0.1) is 11.6 Å². The average Bonchev–Trinajstić information content (AvgIpc) is 2.10. The van der Waals surface area contributed by atoms with Crippen LogP contribution in [0.25, 0.3) is 0 Å². The molecule has 1 unspecified atom stereocenters. The fourth-order valence-electron chi connectivity index (χ4n) is 1.07. The normalized spacial score (nSPS) is 43.7. The standard InChI is InChI=1S/C6H11ClO2/c1-4-2-5(7)6(3-8)9-4/h4-6,8H,2-3H2,1H3/t4-,5-,6?/m0/s1. The van der Waals surface area contributed by atoms with E-state index in [-0.39, 0.29) is 24.2 Å². The summed E-state index contributed by atoms with van der Waals surface area (Å²) >= 11 is 5.79. The molecule has 0 spiro atoms. The number of aliphatic hydroxyl groups excluding tert-OH is 1. The summed E-state index contributed by atoms with van der Waals surface area (Å²) in [7, 11) is 0. The monoisotopic (exact) mass is 150 g/mol. The van der Waals surface area contributed by atoms with E-state index >= 15 is 0 Å². The molecule has 9 heavy (non-hydrogen) atoms. The van der Waals surface area contributed by atoms with E-state index in [2.05, 4.69) is 0 Å². The van der Waals surface area contributed by atoms with Crippen molar-refractivity contribution in [2.75, 3.05) is 6.61 Å². The van der Waals surface area contributed by atoms with Crippen LogP contribution < -0.4 is 0 Å². The summed E-state index contributed by atoms with van der Waals surface area (Å²) in [6, 6.07) is 0. The van der Waals surface area contributed by atoms with Gasteiger partial charge in [0.25, 0.3) is 0 Å². The Morgan fingerprint density at radius 1 is 1.78 bits per heavy atom. The van der Waals surface area contributed by atoms with Crippen LogP contribution in [0.4, 0.5) is 0 Å². The number of alkyl halides is 1. The highest BCUT2D eigenvalue weighted by Crippen LogP contribution is 2.23. The highest BCUT2D eigenvalue weighted by molar-refractivity contribution is 6.21. The summed E-state index contributed by atoms with van der Waals surface area (Å²) in [6.07, 6.45) is 0.929. The first-order chi connectivity index (χ1) is 4.24. The lowest BCUT2D eigenvalue weighted by Gasteiger charge is -2.08. The van der Waals surface area contributed by atoms with Crippen molar-refractivity contribution in [3.8, 4) is 0 Å². The Balaban J connectivity index is 2.38. The Labute approximate surface area is 59.8 Å². The van der Waals surface area contributed by atoms with Gasteiger partial charge in [0.15, 0.2) is 0 Å². The van der Waals surface area contributed by atoms with Crippen molar-refractivity contribution in [1.82, 2.24) is 0 Å². The van der Waals surface area contributed by atoms with Crippen molar-refractivity contribution in [3.05, 3.63) is 0 Å². The number of rotatable bonds is 1. The van der Waals surface area contributed by atoms with Crippen molar-refractivity contribution < 1.29 is 9.84 Å². The first kappa shape index (κ1) is 7.32. The molecule has 1 heterocycles. The molecule has 0 aromatic heterocycles. The van der Waals surface area contributed by atoms with Gasteiger partial charge >= 0.3 is 0 Å². The first-order valence-electron chi connectivity index (χ1n) is 3.14. The molecule has 3 atom stereocenters. The van der Waals surface area contributed by atoms with Crippen molar-refractivity contribution in [1.29, 1.82) is 0 Å². The molecule has 0 radical (unpaired) electrons. The quantitative estimate of drug-likeness (QED) is 0.560. The summed E-state index contributed by atoms with van der Waals surface area (Å²) in [4.78, 5) is 0. The van der Waals surface area contributed by atoms with Gasteiger partial charge in [-0.3, -0.25) is 0 Å². The molecule has 0 aliphatic carbocycles. The van der Waals surface area contributed by atoms with Crippen LogP contribution in [0.3, 0.4) is 0 Å². The predicted molar refractivity (Wildman–Crippen MR) is 35.7 cm³/mol. The van der Waals surface area contributed by atoms with Crippen molar-refractivity contribution >= 4 is 11.6 Å². The summed E-state index contributed by atoms with van der Waals surface area (Å²) in [5.41, 5.74) is 0. The first-order valence-corrected chi connectivity index (χ1v) is 3.58. The zero-order valence-corrected chi connectivity index (χ0v) is 6.14. The van der Waals surface area contributed by atoms with Gasteiger partial charge in [0.2, 0.25) is 0 Å². The van der Waals surface area contributed by atoms with Gasteiger partial charge in [0.1, 0.15) is 0 Å². The maximum absolute atomic E-state index is 8.64. The molecule has 1 rings (SSSR count). The van der Waals surface area contributed by atoms with Crippen LogP contribution in [0.15, 0.2) is 0 Å². The zero-order chi connectivity index (χ0) is 6.85. The van der Waals surface area contributed by atoms with Gasteiger partial charge in [0.05, 0.1) is 24.2 Å². The van der Waals surface area contributed by atoms with Crippen LogP contribution in [-0.2, 0) is 4.74 Å². The Hall–Kier alpha value is 0.210. The third-order valence-corrected chi connectivity index (χ3v) is 2.01. The summed E-state index contributed by atoms with van der Waals surface area (Å²) < 4.78 is 5.24. The molecule has 54 valence electrons. The van der Waals surface area contributed by atoms with Gasteiger partial charge in [0, 0.05) is 0 Å². The fourth-order valence-corrected chi connectivity index (χ4v) is 1.46. The van der Waals surface area contributed by atoms with E-state index in [0.29, 0.717) is 0 Å². The molecule has 2 nitrogen and oxygen atoms in total. The Bertz CT molecular complexity index is 97.1. The van der Waals surface area contributed by atoms with Crippen LogP contribution in [0.2, 0.25) is 0 Å².